The van der Waals surface area contributed by atoms with Gasteiger partial charge in [0.15, 0.2) is 0 Å². The lowest BCUT2D eigenvalue weighted by molar-refractivity contribution is -0.134. The summed E-state index contributed by atoms with van der Waals surface area (Å²) in [5, 5.41) is 12.3. The molecular weight excluding hydrogens is 408 g/mol. The molecule has 2 fully saturated rings. The molecular formula is C24H34N4O2S. The van der Waals surface area contributed by atoms with Crippen molar-refractivity contribution in [3.05, 3.63) is 40.9 Å². The Morgan fingerprint density at radius 3 is 2.84 bits per heavy atom. The third kappa shape index (κ3) is 5.92. The largest absolute Gasteiger partial charge is 0.396 e. The van der Waals surface area contributed by atoms with Gasteiger partial charge in [0.25, 0.3) is 0 Å². The molecule has 0 saturated carbocycles. The fraction of sp³-hybridized carbons (Fsp3) is 0.583. The van der Waals surface area contributed by atoms with E-state index in [1.54, 1.807) is 11.3 Å². The maximum Gasteiger partial charge on any atom is 0.228 e. The van der Waals surface area contributed by atoms with Crippen molar-refractivity contribution in [1.82, 2.24) is 19.7 Å². The molecule has 168 valence electrons. The number of nitrogens with zero attached hydrogens (tertiary/aromatic N) is 4. The van der Waals surface area contributed by atoms with E-state index in [1.807, 2.05) is 10.3 Å². The van der Waals surface area contributed by atoms with Crippen LogP contribution in [-0.4, -0.2) is 83.1 Å². The maximum absolute atomic E-state index is 12.9. The molecule has 4 rings (SSSR count). The number of thiazole rings is 1. The van der Waals surface area contributed by atoms with Gasteiger partial charge in [0.1, 0.15) is 5.01 Å². The first kappa shape index (κ1) is 22.4. The van der Waals surface area contributed by atoms with Crippen molar-refractivity contribution in [2.45, 2.75) is 44.7 Å². The number of piperazine rings is 1. The molecule has 2 aliphatic rings. The summed E-state index contributed by atoms with van der Waals surface area (Å²) in [6.45, 7) is 6.38. The van der Waals surface area contributed by atoms with Crippen molar-refractivity contribution in [3.63, 3.8) is 0 Å². The molecule has 2 aliphatic heterocycles. The minimum Gasteiger partial charge on any atom is -0.396 e. The lowest BCUT2D eigenvalue weighted by Crippen LogP contribution is -2.44. The number of rotatable bonds is 7. The van der Waals surface area contributed by atoms with Crippen LogP contribution in [0.5, 0.6) is 0 Å². The number of aromatic nitrogens is 1. The van der Waals surface area contributed by atoms with Gasteiger partial charge in [-0.2, -0.15) is 0 Å². The molecule has 6 nitrogen and oxygen atoms in total. The molecule has 3 heterocycles. The van der Waals surface area contributed by atoms with Crippen molar-refractivity contribution < 1.29 is 9.90 Å². The molecule has 1 amide bonds. The zero-order valence-electron chi connectivity index (χ0n) is 18.5. The lowest BCUT2D eigenvalue weighted by atomic mass is 9.99. The van der Waals surface area contributed by atoms with Gasteiger partial charge < -0.3 is 14.9 Å². The first-order chi connectivity index (χ1) is 15.1. The van der Waals surface area contributed by atoms with Crippen molar-refractivity contribution in [3.8, 4) is 10.6 Å². The minimum absolute atomic E-state index is 0.138. The van der Waals surface area contributed by atoms with Crippen molar-refractivity contribution >= 4 is 17.2 Å². The average Bonchev–Trinajstić information content (AvgIpc) is 3.25. The number of likely N-dealkylation sites (N-methyl/N-ethyl adjacent to an activating group) is 1. The summed E-state index contributed by atoms with van der Waals surface area (Å²) in [7, 11) is 2.18. The Bertz CT molecular complexity index is 861. The van der Waals surface area contributed by atoms with E-state index >= 15 is 0 Å². The Kier molecular flexibility index (Phi) is 7.72. The van der Waals surface area contributed by atoms with E-state index < -0.39 is 0 Å². The zero-order valence-corrected chi connectivity index (χ0v) is 19.3. The van der Waals surface area contributed by atoms with Crippen LogP contribution in [0.1, 0.15) is 36.9 Å². The van der Waals surface area contributed by atoms with E-state index in [2.05, 4.69) is 41.1 Å². The molecule has 0 radical (unpaired) electrons. The number of amides is 1. The number of likely N-dealkylation sites (tertiary alicyclic amines) is 1. The third-order valence-electron chi connectivity index (χ3n) is 6.47. The number of piperidine rings is 1. The van der Waals surface area contributed by atoms with Crippen LogP contribution in [0.25, 0.3) is 10.6 Å². The molecule has 1 unspecified atom stereocenters. The van der Waals surface area contributed by atoms with Gasteiger partial charge in [-0.05, 0) is 44.4 Å². The van der Waals surface area contributed by atoms with Crippen LogP contribution in [-0.2, 0) is 17.8 Å². The standard InChI is InChI=1S/C24H34N4O2S/c1-26-10-12-27(13-11-26)17-19-5-4-6-20(15-19)24-25-21(18-31-24)16-23(30)28-9-3-2-7-22(28)8-14-29/h4-6,15,18,22,29H,2-3,7-14,16-17H2,1H3. The number of carbonyl (C=O) groups is 1. The van der Waals surface area contributed by atoms with Crippen molar-refractivity contribution in [2.75, 3.05) is 46.4 Å². The van der Waals surface area contributed by atoms with E-state index in [0.717, 1.165) is 74.8 Å². The van der Waals surface area contributed by atoms with Gasteiger partial charge in [0, 0.05) is 62.9 Å². The lowest BCUT2D eigenvalue weighted by Gasteiger charge is -2.35. The Balaban J connectivity index is 1.38. The van der Waals surface area contributed by atoms with Crippen molar-refractivity contribution in [1.29, 1.82) is 0 Å². The Morgan fingerprint density at radius 2 is 2.03 bits per heavy atom. The van der Waals surface area contributed by atoms with E-state index in [-0.39, 0.29) is 18.6 Å². The van der Waals surface area contributed by atoms with E-state index in [0.29, 0.717) is 12.8 Å². The number of aliphatic hydroxyl groups excluding tert-OH is 1. The summed E-state index contributed by atoms with van der Waals surface area (Å²) in [4.78, 5) is 24.5. The highest BCUT2D eigenvalue weighted by molar-refractivity contribution is 7.13. The predicted octanol–water partition coefficient (Wildman–Crippen LogP) is 2.86. The van der Waals surface area contributed by atoms with Gasteiger partial charge in [-0.3, -0.25) is 9.69 Å². The highest BCUT2D eigenvalue weighted by atomic mass is 32.1. The SMILES string of the molecule is CN1CCN(Cc2cccc(-c3nc(CC(=O)N4CCCCC4CCO)cs3)c2)CC1. The van der Waals surface area contributed by atoms with Gasteiger partial charge in [-0.1, -0.05) is 18.2 Å². The van der Waals surface area contributed by atoms with Gasteiger partial charge >= 0.3 is 0 Å². The van der Waals surface area contributed by atoms with Crippen LogP contribution < -0.4 is 0 Å². The second-order valence-corrected chi connectivity index (χ2v) is 9.71. The quantitative estimate of drug-likeness (QED) is 0.715. The first-order valence-corrected chi connectivity index (χ1v) is 12.4. The Hall–Kier alpha value is -1.80. The molecule has 0 bridgehead atoms. The highest BCUT2D eigenvalue weighted by Gasteiger charge is 2.26. The first-order valence-electron chi connectivity index (χ1n) is 11.5. The molecule has 0 spiro atoms. The van der Waals surface area contributed by atoms with Gasteiger partial charge in [0.2, 0.25) is 5.91 Å². The topological polar surface area (TPSA) is 59.9 Å². The fourth-order valence-electron chi connectivity index (χ4n) is 4.62. The van der Waals surface area contributed by atoms with Crippen LogP contribution in [0.4, 0.5) is 0 Å². The second kappa shape index (κ2) is 10.7. The molecule has 1 atom stereocenters. The summed E-state index contributed by atoms with van der Waals surface area (Å²) in [6, 6.07) is 8.83. The molecule has 0 aliphatic carbocycles. The van der Waals surface area contributed by atoms with E-state index in [1.165, 1.54) is 5.56 Å². The summed E-state index contributed by atoms with van der Waals surface area (Å²) in [5.41, 5.74) is 3.30. The summed E-state index contributed by atoms with van der Waals surface area (Å²) in [5.74, 6) is 0.138. The van der Waals surface area contributed by atoms with Gasteiger partial charge in [0.05, 0.1) is 12.1 Å². The summed E-state index contributed by atoms with van der Waals surface area (Å²) in [6.07, 6.45) is 4.21. The molecule has 2 saturated heterocycles. The number of carbonyl (C=O) groups excluding carboxylic acids is 1. The maximum atomic E-state index is 12.9. The number of aliphatic hydroxyl groups is 1. The molecule has 2 aromatic rings. The molecule has 1 N–H and O–H groups in total. The fourth-order valence-corrected chi connectivity index (χ4v) is 5.44. The van der Waals surface area contributed by atoms with Crippen LogP contribution in [0.15, 0.2) is 29.6 Å². The van der Waals surface area contributed by atoms with Crippen molar-refractivity contribution in [2.24, 2.45) is 0 Å². The normalized spacial score (nSPS) is 20.8. The monoisotopic (exact) mass is 442 g/mol. The second-order valence-electron chi connectivity index (χ2n) is 8.85. The third-order valence-corrected chi connectivity index (χ3v) is 7.41. The van der Waals surface area contributed by atoms with Crippen LogP contribution in [0.3, 0.4) is 0 Å². The highest BCUT2D eigenvalue weighted by Crippen LogP contribution is 2.26. The molecule has 1 aromatic heterocycles. The van der Waals surface area contributed by atoms with E-state index in [4.69, 9.17) is 4.98 Å². The number of hydrogen-bond acceptors (Lipinski definition) is 6. The molecule has 1 aromatic carbocycles. The zero-order chi connectivity index (χ0) is 21.6. The summed E-state index contributed by atoms with van der Waals surface area (Å²) >= 11 is 1.62. The smallest absolute Gasteiger partial charge is 0.228 e. The number of hydrogen-bond donors (Lipinski definition) is 1. The van der Waals surface area contributed by atoms with Gasteiger partial charge in [-0.25, -0.2) is 4.98 Å². The van der Waals surface area contributed by atoms with Crippen LogP contribution in [0.2, 0.25) is 0 Å². The molecule has 31 heavy (non-hydrogen) atoms. The average molecular weight is 443 g/mol. The van der Waals surface area contributed by atoms with Gasteiger partial charge in [-0.15, -0.1) is 11.3 Å². The van der Waals surface area contributed by atoms with Crippen LogP contribution in [0, 0.1) is 0 Å². The Labute approximate surface area is 189 Å². The number of benzene rings is 1. The Morgan fingerprint density at radius 1 is 1.19 bits per heavy atom. The molecule has 7 heteroatoms. The van der Waals surface area contributed by atoms with Crippen LogP contribution >= 0.6 is 11.3 Å². The minimum atomic E-state index is 0.138. The predicted molar refractivity (Wildman–Crippen MR) is 125 cm³/mol. The summed E-state index contributed by atoms with van der Waals surface area (Å²) < 4.78 is 0. The van der Waals surface area contributed by atoms with E-state index in [9.17, 15) is 9.90 Å².